The zero-order chi connectivity index (χ0) is 13.1. The molecular formula is C14H22N2O2. The molecule has 18 heavy (non-hydrogen) atoms. The van der Waals surface area contributed by atoms with Crippen LogP contribution < -0.4 is 5.32 Å². The van der Waals surface area contributed by atoms with Crippen LogP contribution in [-0.2, 0) is 9.59 Å². The molecule has 2 fully saturated rings. The number of carbonyl (C=O) groups excluding carboxylic acids is 2. The minimum absolute atomic E-state index is 0.0449. The van der Waals surface area contributed by atoms with Crippen LogP contribution in [-0.4, -0.2) is 36.3 Å². The van der Waals surface area contributed by atoms with Crippen LogP contribution in [0.4, 0.5) is 0 Å². The van der Waals surface area contributed by atoms with Crippen molar-refractivity contribution in [2.75, 3.05) is 13.6 Å². The summed E-state index contributed by atoms with van der Waals surface area (Å²) in [5.41, 5.74) is 0. The van der Waals surface area contributed by atoms with Crippen LogP contribution in [0.1, 0.15) is 32.1 Å². The first-order chi connectivity index (χ1) is 8.61. The molecule has 2 amide bonds. The topological polar surface area (TPSA) is 49.4 Å². The molecular weight excluding hydrogens is 228 g/mol. The van der Waals surface area contributed by atoms with E-state index < -0.39 is 0 Å². The maximum Gasteiger partial charge on any atom is 0.246 e. The molecule has 0 aromatic carbocycles. The molecule has 4 heteroatoms. The molecule has 0 radical (unpaired) electrons. The van der Waals surface area contributed by atoms with Gasteiger partial charge >= 0.3 is 0 Å². The third-order valence-electron chi connectivity index (χ3n) is 4.05. The molecule has 2 rings (SSSR count). The highest BCUT2D eigenvalue weighted by Crippen LogP contribution is 2.42. The van der Waals surface area contributed by atoms with E-state index in [1.807, 2.05) is 0 Å². The van der Waals surface area contributed by atoms with Crippen molar-refractivity contribution >= 4 is 11.8 Å². The molecule has 0 aromatic rings. The lowest BCUT2D eigenvalue weighted by Gasteiger charge is -2.34. The zero-order valence-electron chi connectivity index (χ0n) is 11.0. The highest BCUT2D eigenvalue weighted by Gasteiger charge is 2.39. The number of hydrogen-bond donors (Lipinski definition) is 1. The second-order valence-electron chi connectivity index (χ2n) is 5.52. The number of carbonyl (C=O) groups is 2. The summed E-state index contributed by atoms with van der Waals surface area (Å²) in [7, 11) is 1.62. The van der Waals surface area contributed by atoms with Gasteiger partial charge in [-0.05, 0) is 43.6 Å². The number of hydrogen-bond acceptors (Lipinski definition) is 2. The minimum atomic E-state index is -0.211. The maximum atomic E-state index is 11.9. The molecule has 0 spiro atoms. The van der Waals surface area contributed by atoms with E-state index >= 15 is 0 Å². The monoisotopic (exact) mass is 250 g/mol. The lowest BCUT2D eigenvalue weighted by atomic mass is 9.78. The summed E-state index contributed by atoms with van der Waals surface area (Å²) in [4.78, 5) is 24.6. The smallest absolute Gasteiger partial charge is 0.246 e. The summed E-state index contributed by atoms with van der Waals surface area (Å²) in [6.07, 6.45) is 7.48. The Kier molecular flexibility index (Phi) is 4.04. The Morgan fingerprint density at radius 2 is 1.94 bits per heavy atom. The molecule has 0 aromatic heterocycles. The molecule has 1 atom stereocenters. The molecule has 0 bridgehead atoms. The Morgan fingerprint density at radius 3 is 2.39 bits per heavy atom. The van der Waals surface area contributed by atoms with Crippen LogP contribution in [0.25, 0.3) is 0 Å². The Labute approximate surface area is 108 Å². The van der Waals surface area contributed by atoms with Crippen molar-refractivity contribution in [3.63, 3.8) is 0 Å². The van der Waals surface area contributed by atoms with Crippen LogP contribution in [0.15, 0.2) is 12.7 Å². The van der Waals surface area contributed by atoms with E-state index in [1.54, 1.807) is 7.05 Å². The van der Waals surface area contributed by atoms with Crippen molar-refractivity contribution in [2.24, 2.45) is 11.8 Å². The van der Waals surface area contributed by atoms with Gasteiger partial charge in [-0.1, -0.05) is 13.0 Å². The third-order valence-corrected chi connectivity index (χ3v) is 4.05. The van der Waals surface area contributed by atoms with Crippen LogP contribution in [0.2, 0.25) is 0 Å². The van der Waals surface area contributed by atoms with E-state index in [0.29, 0.717) is 17.9 Å². The van der Waals surface area contributed by atoms with E-state index in [2.05, 4.69) is 11.9 Å². The van der Waals surface area contributed by atoms with Gasteiger partial charge in [0.2, 0.25) is 11.8 Å². The molecule has 0 saturated heterocycles. The first-order valence-corrected chi connectivity index (χ1v) is 6.78. The van der Waals surface area contributed by atoms with Gasteiger partial charge in [-0.15, -0.1) is 0 Å². The van der Waals surface area contributed by atoms with Crippen molar-refractivity contribution < 1.29 is 9.59 Å². The van der Waals surface area contributed by atoms with Gasteiger partial charge in [-0.25, -0.2) is 0 Å². The fourth-order valence-electron chi connectivity index (χ4n) is 2.56. The molecule has 100 valence electrons. The van der Waals surface area contributed by atoms with Crippen molar-refractivity contribution in [3.05, 3.63) is 12.7 Å². The standard InChI is InChI=1S/C14H22N2O2/c1-3-13(18)16(2)9-12(17)15-14(11-7-8-11)10-5-4-6-10/h3,10-11,14H,1,4-9H2,2H3,(H,15,17). The van der Waals surface area contributed by atoms with Crippen molar-refractivity contribution in [1.29, 1.82) is 0 Å². The Morgan fingerprint density at radius 1 is 1.33 bits per heavy atom. The molecule has 0 aliphatic heterocycles. The molecule has 2 aliphatic carbocycles. The van der Waals surface area contributed by atoms with Gasteiger partial charge in [-0.3, -0.25) is 9.59 Å². The lowest BCUT2D eigenvalue weighted by molar-refractivity contribution is -0.131. The van der Waals surface area contributed by atoms with Crippen molar-refractivity contribution in [1.82, 2.24) is 10.2 Å². The normalized spacial score (nSPS) is 20.7. The van der Waals surface area contributed by atoms with E-state index in [1.165, 1.54) is 43.1 Å². The van der Waals surface area contributed by atoms with Gasteiger partial charge in [-0.2, -0.15) is 0 Å². The highest BCUT2D eigenvalue weighted by atomic mass is 16.2. The second-order valence-corrected chi connectivity index (χ2v) is 5.52. The molecule has 4 nitrogen and oxygen atoms in total. The number of amides is 2. The largest absolute Gasteiger partial charge is 0.351 e. The first kappa shape index (κ1) is 13.1. The molecule has 1 N–H and O–H groups in total. The van der Waals surface area contributed by atoms with Gasteiger partial charge in [0.15, 0.2) is 0 Å². The second kappa shape index (κ2) is 5.55. The Balaban J connectivity index is 1.81. The summed E-state index contributed by atoms with van der Waals surface area (Å²) < 4.78 is 0. The predicted octanol–water partition coefficient (Wildman–Crippen LogP) is 1.33. The van der Waals surface area contributed by atoms with E-state index in [9.17, 15) is 9.59 Å². The minimum Gasteiger partial charge on any atom is -0.351 e. The Hall–Kier alpha value is -1.32. The number of rotatable bonds is 6. The van der Waals surface area contributed by atoms with Gasteiger partial charge in [0.1, 0.15) is 0 Å². The molecule has 0 heterocycles. The average molecular weight is 250 g/mol. The number of nitrogens with zero attached hydrogens (tertiary/aromatic N) is 1. The molecule has 2 saturated carbocycles. The van der Waals surface area contributed by atoms with E-state index in [4.69, 9.17) is 0 Å². The van der Waals surface area contributed by atoms with Crippen LogP contribution in [0.5, 0.6) is 0 Å². The summed E-state index contributed by atoms with van der Waals surface area (Å²) in [5.74, 6) is 1.09. The van der Waals surface area contributed by atoms with Crippen LogP contribution in [0, 0.1) is 11.8 Å². The Bertz CT molecular complexity index is 346. The van der Waals surface area contributed by atoms with Crippen LogP contribution >= 0.6 is 0 Å². The van der Waals surface area contributed by atoms with Gasteiger partial charge < -0.3 is 10.2 Å². The lowest BCUT2D eigenvalue weighted by Crippen LogP contribution is -2.48. The van der Waals surface area contributed by atoms with E-state index in [0.717, 1.165) is 0 Å². The predicted molar refractivity (Wildman–Crippen MR) is 69.8 cm³/mol. The average Bonchev–Trinajstić information content (AvgIpc) is 3.08. The summed E-state index contributed by atoms with van der Waals surface area (Å²) in [5, 5.41) is 3.12. The highest BCUT2D eigenvalue weighted by molar-refractivity contribution is 5.90. The van der Waals surface area contributed by atoms with E-state index in [-0.39, 0.29) is 18.4 Å². The zero-order valence-corrected chi connectivity index (χ0v) is 11.0. The van der Waals surface area contributed by atoms with Crippen molar-refractivity contribution in [2.45, 2.75) is 38.1 Å². The summed E-state index contributed by atoms with van der Waals surface area (Å²) in [6, 6.07) is 0.346. The van der Waals surface area contributed by atoms with Gasteiger partial charge in [0, 0.05) is 13.1 Å². The van der Waals surface area contributed by atoms with Crippen LogP contribution in [0.3, 0.4) is 0 Å². The van der Waals surface area contributed by atoms with Gasteiger partial charge in [0.05, 0.1) is 6.54 Å². The first-order valence-electron chi connectivity index (χ1n) is 6.78. The fourth-order valence-corrected chi connectivity index (χ4v) is 2.56. The quantitative estimate of drug-likeness (QED) is 0.723. The number of nitrogens with one attached hydrogen (secondary N) is 1. The maximum absolute atomic E-state index is 11.9. The van der Waals surface area contributed by atoms with Crippen molar-refractivity contribution in [3.8, 4) is 0 Å². The summed E-state index contributed by atoms with van der Waals surface area (Å²) >= 11 is 0. The fraction of sp³-hybridized carbons (Fsp3) is 0.714. The molecule has 2 aliphatic rings. The molecule has 1 unspecified atom stereocenters. The summed E-state index contributed by atoms with van der Waals surface area (Å²) in [6.45, 7) is 3.54. The SMILES string of the molecule is C=CC(=O)N(C)CC(=O)NC(C1CCC1)C1CC1. The van der Waals surface area contributed by atoms with Gasteiger partial charge in [0.25, 0.3) is 0 Å². The number of likely N-dealkylation sites (N-methyl/N-ethyl adjacent to an activating group) is 1. The third kappa shape index (κ3) is 3.12.